The summed E-state index contributed by atoms with van der Waals surface area (Å²) in [6.07, 6.45) is 6.85. The van der Waals surface area contributed by atoms with Gasteiger partial charge in [-0.2, -0.15) is 0 Å². The van der Waals surface area contributed by atoms with Crippen LogP contribution >= 0.6 is 15.9 Å². The van der Waals surface area contributed by atoms with Crippen LogP contribution in [-0.2, 0) is 10.2 Å². The lowest BCUT2D eigenvalue weighted by Crippen LogP contribution is -2.82. The van der Waals surface area contributed by atoms with Crippen LogP contribution in [0.15, 0.2) is 22.7 Å². The molecule has 0 aromatic heterocycles. The van der Waals surface area contributed by atoms with Gasteiger partial charge in [-0.15, -0.1) is 0 Å². The molecule has 3 aliphatic heterocycles. The molecule has 1 amide bonds. The molecule has 0 radical (unpaired) electrons. The Balaban J connectivity index is 1.67. The normalized spacial score (nSPS) is 29.8. The minimum Gasteiger partial charge on any atom is -0.492 e. The maximum atomic E-state index is 14.0. The van der Waals surface area contributed by atoms with E-state index < -0.39 is 0 Å². The predicted molar refractivity (Wildman–Crippen MR) is 115 cm³/mol. The first-order chi connectivity index (χ1) is 13.6. The van der Waals surface area contributed by atoms with E-state index in [4.69, 9.17) is 4.74 Å². The average molecular weight is 450 g/mol. The van der Waals surface area contributed by atoms with E-state index in [0.29, 0.717) is 24.5 Å². The minimum atomic E-state index is -0.0929. The second kappa shape index (κ2) is 8.35. The van der Waals surface area contributed by atoms with Crippen molar-refractivity contribution in [3.8, 4) is 5.75 Å². The summed E-state index contributed by atoms with van der Waals surface area (Å²) >= 11 is 3.66. The monoisotopic (exact) mass is 449 g/mol. The molecule has 5 heteroatoms. The Morgan fingerprint density at radius 1 is 1.36 bits per heavy atom. The third-order valence-corrected chi connectivity index (χ3v) is 8.22. The van der Waals surface area contributed by atoms with Gasteiger partial charge in [0.05, 0.1) is 29.6 Å². The highest BCUT2D eigenvalue weighted by molar-refractivity contribution is 9.10. The van der Waals surface area contributed by atoms with Crippen LogP contribution < -0.4 is 10.1 Å². The molecule has 0 saturated carbocycles. The quantitative estimate of drug-likeness (QED) is 0.764. The summed E-state index contributed by atoms with van der Waals surface area (Å²) < 4.78 is 7.03. The molecule has 154 valence electrons. The fourth-order valence-electron chi connectivity index (χ4n) is 6.06. The van der Waals surface area contributed by atoms with E-state index in [9.17, 15) is 4.79 Å². The number of hydrogen-bond acceptors (Lipinski definition) is 2. The molecule has 4 rings (SSSR count). The number of amides is 1. The molecule has 4 nitrogen and oxygen atoms in total. The summed E-state index contributed by atoms with van der Waals surface area (Å²) in [5.74, 6) is 2.04. The molecule has 1 spiro atoms. The maximum absolute atomic E-state index is 14.0. The van der Waals surface area contributed by atoms with E-state index in [1.54, 1.807) is 0 Å². The van der Waals surface area contributed by atoms with Crippen LogP contribution in [0.3, 0.4) is 0 Å². The third kappa shape index (κ3) is 3.28. The van der Waals surface area contributed by atoms with Crippen molar-refractivity contribution in [1.29, 1.82) is 0 Å². The Morgan fingerprint density at radius 2 is 2.18 bits per heavy atom. The van der Waals surface area contributed by atoms with Gasteiger partial charge < -0.3 is 15.0 Å². The van der Waals surface area contributed by atoms with Crippen LogP contribution in [-0.4, -0.2) is 43.1 Å². The molecule has 3 atom stereocenters. The summed E-state index contributed by atoms with van der Waals surface area (Å²) in [6.45, 7) is 8.08. The highest BCUT2D eigenvalue weighted by atomic mass is 79.9. The van der Waals surface area contributed by atoms with Crippen LogP contribution in [0.1, 0.15) is 57.9 Å². The number of nitrogens with two attached hydrogens (primary N) is 1. The average Bonchev–Trinajstić information content (AvgIpc) is 3.14. The first kappa shape index (κ1) is 20.2. The van der Waals surface area contributed by atoms with Crippen molar-refractivity contribution in [2.24, 2.45) is 11.8 Å². The van der Waals surface area contributed by atoms with Crippen LogP contribution in [0, 0.1) is 11.8 Å². The van der Waals surface area contributed by atoms with Gasteiger partial charge in [0.15, 0.2) is 0 Å². The third-order valence-electron chi connectivity index (χ3n) is 7.60. The molecular formula is C23H34BrN2O2+. The maximum Gasteiger partial charge on any atom is 0.232 e. The van der Waals surface area contributed by atoms with E-state index in [1.807, 2.05) is 6.07 Å². The Morgan fingerprint density at radius 3 is 2.96 bits per heavy atom. The number of nitrogens with zero attached hydrogens (tertiary/aromatic N) is 1. The summed E-state index contributed by atoms with van der Waals surface area (Å²) in [5, 5.41) is 2.36. The van der Waals surface area contributed by atoms with E-state index in [1.165, 1.54) is 18.4 Å². The van der Waals surface area contributed by atoms with Crippen molar-refractivity contribution < 1.29 is 14.8 Å². The molecule has 3 heterocycles. The first-order valence-electron chi connectivity index (χ1n) is 11.2. The van der Waals surface area contributed by atoms with Gasteiger partial charge in [-0.3, -0.25) is 4.79 Å². The van der Waals surface area contributed by atoms with Gasteiger partial charge in [-0.25, -0.2) is 0 Å². The fraction of sp³-hybridized carbons (Fsp3) is 0.696. The van der Waals surface area contributed by atoms with E-state index >= 15 is 0 Å². The van der Waals surface area contributed by atoms with E-state index in [2.05, 4.69) is 52.1 Å². The van der Waals surface area contributed by atoms with Crippen molar-refractivity contribution in [2.45, 2.75) is 63.8 Å². The fourth-order valence-corrected chi connectivity index (χ4v) is 6.54. The Labute approximate surface area is 177 Å². The van der Waals surface area contributed by atoms with Crippen molar-refractivity contribution in [3.63, 3.8) is 0 Å². The Hall–Kier alpha value is -1.07. The van der Waals surface area contributed by atoms with Crippen molar-refractivity contribution >= 4 is 21.8 Å². The topological polar surface area (TPSA) is 46.2 Å². The molecule has 2 N–H and O–H groups in total. The number of quaternary nitrogens is 1. The van der Waals surface area contributed by atoms with Crippen molar-refractivity contribution in [1.82, 2.24) is 4.90 Å². The standard InChI is InChI=1S/C23H33BrN2O2/c1-3-16(4-2)20-10-5-6-12-26(20)22(27)18-14-25-15-23(18)11-13-28-21-17(23)8-7-9-19(21)24/h7-9,16,18,20,25H,3-6,10-15H2,1-2H3/p+1/t18-,20?,23-/m0/s1. The number of halogens is 1. The van der Waals surface area contributed by atoms with Crippen LogP contribution in [0.2, 0.25) is 0 Å². The van der Waals surface area contributed by atoms with Gasteiger partial charge in [0, 0.05) is 18.2 Å². The zero-order valence-electron chi connectivity index (χ0n) is 17.3. The molecule has 2 fully saturated rings. The van der Waals surface area contributed by atoms with Gasteiger partial charge in [0.2, 0.25) is 5.91 Å². The van der Waals surface area contributed by atoms with Gasteiger partial charge >= 0.3 is 0 Å². The molecule has 1 unspecified atom stereocenters. The van der Waals surface area contributed by atoms with Gasteiger partial charge in [-0.05, 0) is 53.6 Å². The van der Waals surface area contributed by atoms with Crippen molar-refractivity contribution in [2.75, 3.05) is 26.2 Å². The minimum absolute atomic E-state index is 0.0550. The number of hydrogen-bond donors (Lipinski definition) is 1. The summed E-state index contributed by atoms with van der Waals surface area (Å²) in [5.41, 5.74) is 1.14. The number of carbonyl (C=O) groups is 1. The zero-order chi connectivity index (χ0) is 19.7. The zero-order valence-corrected chi connectivity index (χ0v) is 18.8. The van der Waals surface area contributed by atoms with Gasteiger partial charge in [0.25, 0.3) is 0 Å². The number of fused-ring (bicyclic) bond motifs is 2. The molecule has 1 aromatic carbocycles. The molecule has 3 aliphatic rings. The second-order valence-corrected chi connectivity index (χ2v) is 9.68. The molecule has 1 aromatic rings. The van der Waals surface area contributed by atoms with Crippen molar-refractivity contribution in [3.05, 3.63) is 28.2 Å². The van der Waals surface area contributed by atoms with Crippen LogP contribution in [0.4, 0.5) is 0 Å². The Kier molecular flexibility index (Phi) is 6.03. The number of para-hydroxylation sites is 1. The van der Waals surface area contributed by atoms with E-state index in [0.717, 1.165) is 55.5 Å². The number of rotatable bonds is 4. The lowest BCUT2D eigenvalue weighted by atomic mass is 9.68. The van der Waals surface area contributed by atoms with Gasteiger partial charge in [-0.1, -0.05) is 38.8 Å². The Bertz CT molecular complexity index is 721. The largest absolute Gasteiger partial charge is 0.492 e. The lowest BCUT2D eigenvalue weighted by molar-refractivity contribution is -0.640. The van der Waals surface area contributed by atoms with Crippen LogP contribution in [0.5, 0.6) is 5.75 Å². The summed E-state index contributed by atoms with van der Waals surface area (Å²) in [6, 6.07) is 6.75. The molecule has 2 saturated heterocycles. The molecular weight excluding hydrogens is 416 g/mol. The molecule has 0 aliphatic carbocycles. The second-order valence-electron chi connectivity index (χ2n) is 8.82. The highest BCUT2D eigenvalue weighted by Crippen LogP contribution is 2.48. The predicted octanol–water partition coefficient (Wildman–Crippen LogP) is 3.48. The van der Waals surface area contributed by atoms with Crippen LogP contribution in [0.25, 0.3) is 0 Å². The number of likely N-dealkylation sites (tertiary alicyclic amines) is 1. The molecule has 0 bridgehead atoms. The SMILES string of the molecule is CCC(CC)C1CCCCN1C(=O)[C@@H]1C[NH2+]C[C@]12CCOc1c(Br)cccc12. The first-order valence-corrected chi connectivity index (χ1v) is 12.0. The number of carbonyl (C=O) groups excluding carboxylic acids is 1. The smallest absolute Gasteiger partial charge is 0.232 e. The summed E-state index contributed by atoms with van der Waals surface area (Å²) in [4.78, 5) is 16.3. The van der Waals surface area contributed by atoms with Gasteiger partial charge in [0.1, 0.15) is 11.7 Å². The van der Waals surface area contributed by atoms with E-state index in [-0.39, 0.29) is 11.3 Å². The highest BCUT2D eigenvalue weighted by Gasteiger charge is 2.55. The number of piperidine rings is 1. The number of ether oxygens (including phenoxy) is 1. The molecule has 28 heavy (non-hydrogen) atoms. The summed E-state index contributed by atoms with van der Waals surface area (Å²) in [7, 11) is 0. The lowest BCUT2D eigenvalue weighted by Gasteiger charge is -2.44. The number of benzene rings is 1.